The van der Waals surface area contributed by atoms with Gasteiger partial charge in [0.25, 0.3) is 0 Å². The lowest BCUT2D eigenvalue weighted by Crippen LogP contribution is -2.01. The van der Waals surface area contributed by atoms with E-state index in [9.17, 15) is 4.39 Å². The Morgan fingerprint density at radius 1 is 0.800 bits per heavy atom. The Morgan fingerprint density at radius 2 is 1.56 bits per heavy atom. The zero-order valence-electron chi connectivity index (χ0n) is 13.4. The smallest absolute Gasteiger partial charge is 0.160 e. The van der Waals surface area contributed by atoms with E-state index >= 15 is 0 Å². The molecule has 0 unspecified atom stereocenters. The first-order valence-corrected chi connectivity index (χ1v) is 8.18. The second-order valence-corrected chi connectivity index (χ2v) is 6.12. The lowest BCUT2D eigenvalue weighted by Gasteiger charge is -2.07. The first-order chi connectivity index (χ1) is 12.3. The third kappa shape index (κ3) is 2.26. The molecule has 2 aromatic heterocycles. The van der Waals surface area contributed by atoms with Gasteiger partial charge in [-0.15, -0.1) is 0 Å². The summed E-state index contributed by atoms with van der Waals surface area (Å²) in [4.78, 5) is 9.67. The normalized spacial score (nSPS) is 11.6. The minimum absolute atomic E-state index is 0.227. The average molecular weight is 327 g/mol. The largest absolute Gasteiger partial charge is 0.319 e. The summed E-state index contributed by atoms with van der Waals surface area (Å²) in [5.41, 5.74) is 5.39. The van der Waals surface area contributed by atoms with Crippen LogP contribution in [0, 0.1) is 5.82 Å². The number of halogens is 1. The van der Waals surface area contributed by atoms with Gasteiger partial charge in [0, 0.05) is 11.9 Å². The third-order valence-corrected chi connectivity index (χ3v) is 4.49. The molecule has 3 aromatic carbocycles. The highest BCUT2D eigenvalue weighted by molar-refractivity contribution is 6.06. The van der Waals surface area contributed by atoms with E-state index in [0.717, 1.165) is 38.7 Å². The van der Waals surface area contributed by atoms with E-state index in [4.69, 9.17) is 9.97 Å². The predicted octanol–water partition coefficient (Wildman–Crippen LogP) is 4.93. The predicted molar refractivity (Wildman–Crippen MR) is 98.0 cm³/mol. The van der Waals surface area contributed by atoms with Gasteiger partial charge < -0.3 is 4.57 Å². The molecule has 0 spiro atoms. The Morgan fingerprint density at radius 3 is 2.40 bits per heavy atom. The molecule has 0 saturated heterocycles. The fourth-order valence-corrected chi connectivity index (χ4v) is 3.36. The van der Waals surface area contributed by atoms with Crippen LogP contribution in [-0.4, -0.2) is 14.5 Å². The number of para-hydroxylation sites is 3. The van der Waals surface area contributed by atoms with Crippen molar-refractivity contribution in [3.63, 3.8) is 0 Å². The summed E-state index contributed by atoms with van der Waals surface area (Å²) in [6, 6.07) is 22.7. The molecule has 0 radical (unpaired) electrons. The van der Waals surface area contributed by atoms with Crippen molar-refractivity contribution in [3.05, 3.63) is 84.2 Å². The van der Waals surface area contributed by atoms with Crippen molar-refractivity contribution in [1.82, 2.24) is 14.5 Å². The van der Waals surface area contributed by atoms with Crippen molar-refractivity contribution in [2.75, 3.05) is 0 Å². The number of aromatic nitrogens is 3. The summed E-state index contributed by atoms with van der Waals surface area (Å²) < 4.78 is 15.7. The van der Waals surface area contributed by atoms with E-state index in [1.54, 1.807) is 12.1 Å². The minimum Gasteiger partial charge on any atom is -0.319 e. The van der Waals surface area contributed by atoms with Gasteiger partial charge >= 0.3 is 0 Å². The second kappa shape index (κ2) is 5.38. The summed E-state index contributed by atoms with van der Waals surface area (Å²) in [6.45, 7) is 0.550. The van der Waals surface area contributed by atoms with Gasteiger partial charge in [0.15, 0.2) is 5.65 Å². The number of fused-ring (bicyclic) bond motifs is 4. The Hall–Kier alpha value is -3.27. The number of hydrogen-bond donors (Lipinski definition) is 0. The molecular weight excluding hydrogens is 313 g/mol. The summed E-state index contributed by atoms with van der Waals surface area (Å²) in [5, 5.41) is 1.06. The summed E-state index contributed by atoms with van der Waals surface area (Å²) in [7, 11) is 0. The van der Waals surface area contributed by atoms with Crippen LogP contribution in [0.2, 0.25) is 0 Å². The van der Waals surface area contributed by atoms with Crippen LogP contribution in [0.15, 0.2) is 72.8 Å². The zero-order chi connectivity index (χ0) is 16.8. The molecular formula is C21H14FN3. The van der Waals surface area contributed by atoms with E-state index in [1.165, 1.54) is 6.07 Å². The summed E-state index contributed by atoms with van der Waals surface area (Å²) in [6.07, 6.45) is 0. The van der Waals surface area contributed by atoms with E-state index in [1.807, 2.05) is 42.5 Å². The first kappa shape index (κ1) is 14.1. The van der Waals surface area contributed by atoms with Crippen LogP contribution in [0.5, 0.6) is 0 Å². The highest BCUT2D eigenvalue weighted by atomic mass is 19.1. The van der Waals surface area contributed by atoms with Crippen molar-refractivity contribution in [2.45, 2.75) is 6.54 Å². The molecule has 0 aliphatic heterocycles. The van der Waals surface area contributed by atoms with Crippen molar-refractivity contribution in [2.24, 2.45) is 0 Å². The monoisotopic (exact) mass is 327 g/mol. The quantitative estimate of drug-likeness (QED) is 0.460. The van der Waals surface area contributed by atoms with Crippen LogP contribution in [0.3, 0.4) is 0 Å². The van der Waals surface area contributed by atoms with E-state index in [2.05, 4.69) is 16.7 Å². The van der Waals surface area contributed by atoms with Gasteiger partial charge in [-0.25, -0.2) is 14.4 Å². The van der Waals surface area contributed by atoms with E-state index in [-0.39, 0.29) is 5.82 Å². The first-order valence-electron chi connectivity index (χ1n) is 8.18. The molecule has 4 heteroatoms. The SMILES string of the molecule is Fc1cccc(Cn2c3ccccc3c3nc4ccccc4nc32)c1. The molecule has 0 saturated carbocycles. The number of benzene rings is 3. The molecule has 120 valence electrons. The lowest BCUT2D eigenvalue weighted by molar-refractivity contribution is 0.624. The van der Waals surface area contributed by atoms with Gasteiger partial charge in [-0.05, 0) is 35.9 Å². The van der Waals surface area contributed by atoms with Crippen LogP contribution < -0.4 is 0 Å². The molecule has 2 heterocycles. The molecule has 0 aliphatic rings. The zero-order valence-corrected chi connectivity index (χ0v) is 13.4. The van der Waals surface area contributed by atoms with E-state index < -0.39 is 0 Å². The molecule has 0 fully saturated rings. The Kier molecular flexibility index (Phi) is 3.04. The third-order valence-electron chi connectivity index (χ3n) is 4.49. The number of nitrogens with zero attached hydrogens (tertiary/aromatic N) is 3. The standard InChI is InChI=1S/C21H14FN3/c22-15-7-5-6-14(12-15)13-25-19-11-4-1-8-16(19)20-21(25)24-18-10-3-2-9-17(18)23-20/h1-12H,13H2. The van der Waals surface area contributed by atoms with Gasteiger partial charge in [-0.3, -0.25) is 0 Å². The molecule has 3 nitrogen and oxygen atoms in total. The van der Waals surface area contributed by atoms with Crippen LogP contribution >= 0.6 is 0 Å². The molecule has 0 amide bonds. The maximum absolute atomic E-state index is 13.6. The fourth-order valence-electron chi connectivity index (χ4n) is 3.36. The Bertz CT molecular complexity index is 1240. The molecule has 0 aliphatic carbocycles. The van der Waals surface area contributed by atoms with Crippen LogP contribution in [0.1, 0.15) is 5.56 Å². The van der Waals surface area contributed by atoms with Crippen molar-refractivity contribution in [1.29, 1.82) is 0 Å². The maximum atomic E-state index is 13.6. The van der Waals surface area contributed by atoms with Crippen molar-refractivity contribution >= 4 is 33.1 Å². The maximum Gasteiger partial charge on any atom is 0.160 e. The number of rotatable bonds is 2. The van der Waals surface area contributed by atoms with Gasteiger partial charge in [0.2, 0.25) is 0 Å². The highest BCUT2D eigenvalue weighted by Gasteiger charge is 2.14. The van der Waals surface area contributed by atoms with Gasteiger partial charge in [-0.2, -0.15) is 0 Å². The second-order valence-electron chi connectivity index (χ2n) is 6.12. The highest BCUT2D eigenvalue weighted by Crippen LogP contribution is 2.28. The molecule has 0 N–H and O–H groups in total. The number of hydrogen-bond acceptors (Lipinski definition) is 2. The van der Waals surface area contributed by atoms with Gasteiger partial charge in [0.05, 0.1) is 16.6 Å². The van der Waals surface area contributed by atoms with Gasteiger partial charge in [0.1, 0.15) is 11.3 Å². The molecule has 5 rings (SSSR count). The van der Waals surface area contributed by atoms with Crippen LogP contribution in [0.25, 0.3) is 33.1 Å². The lowest BCUT2D eigenvalue weighted by atomic mass is 10.2. The Labute approximate surface area is 143 Å². The van der Waals surface area contributed by atoms with Crippen LogP contribution in [-0.2, 0) is 6.54 Å². The van der Waals surface area contributed by atoms with Crippen molar-refractivity contribution in [3.8, 4) is 0 Å². The molecule has 0 bridgehead atoms. The molecule has 5 aromatic rings. The minimum atomic E-state index is -0.227. The van der Waals surface area contributed by atoms with Crippen molar-refractivity contribution < 1.29 is 4.39 Å². The Balaban J connectivity index is 1.84. The summed E-state index contributed by atoms with van der Waals surface area (Å²) >= 11 is 0. The summed E-state index contributed by atoms with van der Waals surface area (Å²) in [5.74, 6) is -0.227. The van der Waals surface area contributed by atoms with Crippen LogP contribution in [0.4, 0.5) is 4.39 Å². The van der Waals surface area contributed by atoms with E-state index in [0.29, 0.717) is 6.54 Å². The van der Waals surface area contributed by atoms with Gasteiger partial charge in [-0.1, -0.05) is 42.5 Å². The molecule has 25 heavy (non-hydrogen) atoms. The molecule has 0 atom stereocenters. The average Bonchev–Trinajstić information content (AvgIpc) is 2.93. The fraction of sp³-hybridized carbons (Fsp3) is 0.0476. The topological polar surface area (TPSA) is 30.7 Å².